The number of rotatable bonds is 3. The molecular weight excluding hydrogens is 252 g/mol. The topological polar surface area (TPSA) is 64.3 Å². The zero-order chi connectivity index (χ0) is 14.1. The van der Waals surface area contributed by atoms with Gasteiger partial charge in [-0.25, -0.2) is 4.79 Å². The van der Waals surface area contributed by atoms with E-state index < -0.39 is 0 Å². The van der Waals surface area contributed by atoms with Crippen molar-refractivity contribution in [3.63, 3.8) is 0 Å². The van der Waals surface area contributed by atoms with Gasteiger partial charge in [-0.15, -0.1) is 0 Å². The largest absolute Gasteiger partial charge is 0.445 e. The molecular formula is C16H22N2O2. The fourth-order valence-electron chi connectivity index (χ4n) is 3.38. The van der Waals surface area contributed by atoms with Crippen LogP contribution in [0, 0.1) is 0 Å². The fraction of sp³-hybridized carbons (Fsp3) is 0.562. The molecule has 0 unspecified atom stereocenters. The molecule has 3 aliphatic carbocycles. The van der Waals surface area contributed by atoms with E-state index in [1.807, 2.05) is 30.3 Å². The third kappa shape index (κ3) is 2.80. The van der Waals surface area contributed by atoms with Gasteiger partial charge in [0.2, 0.25) is 0 Å². The van der Waals surface area contributed by atoms with Crippen molar-refractivity contribution >= 4 is 6.09 Å². The zero-order valence-electron chi connectivity index (χ0n) is 11.7. The Morgan fingerprint density at radius 1 is 1.10 bits per heavy atom. The summed E-state index contributed by atoms with van der Waals surface area (Å²) < 4.78 is 5.32. The Kier molecular flexibility index (Phi) is 3.42. The standard InChI is InChI=1S/C16H22N2O2/c17-15-6-9-16(10-7-15,11-8-15)18-14(19)20-12-13-4-2-1-3-5-13/h1-5H,6-12,17H2,(H,18,19). The third-order valence-corrected chi connectivity index (χ3v) is 4.88. The first-order valence-corrected chi connectivity index (χ1v) is 7.37. The van der Waals surface area contributed by atoms with Crippen molar-refractivity contribution in [2.24, 2.45) is 5.73 Å². The molecule has 3 fully saturated rings. The highest BCUT2D eigenvalue weighted by Crippen LogP contribution is 2.45. The number of benzene rings is 1. The summed E-state index contributed by atoms with van der Waals surface area (Å²) in [7, 11) is 0. The summed E-state index contributed by atoms with van der Waals surface area (Å²) in [6.07, 6.45) is 5.64. The van der Waals surface area contributed by atoms with Crippen molar-refractivity contribution in [2.45, 2.75) is 56.2 Å². The van der Waals surface area contributed by atoms with Gasteiger partial charge in [-0.1, -0.05) is 30.3 Å². The molecule has 0 atom stereocenters. The van der Waals surface area contributed by atoms with Gasteiger partial charge in [0, 0.05) is 11.1 Å². The number of nitrogens with one attached hydrogen (secondary N) is 1. The lowest BCUT2D eigenvalue weighted by Crippen LogP contribution is -2.61. The van der Waals surface area contributed by atoms with E-state index in [0.29, 0.717) is 6.61 Å². The van der Waals surface area contributed by atoms with E-state index in [1.54, 1.807) is 0 Å². The smallest absolute Gasteiger partial charge is 0.407 e. The molecule has 3 saturated carbocycles. The monoisotopic (exact) mass is 274 g/mol. The minimum Gasteiger partial charge on any atom is -0.445 e. The predicted molar refractivity (Wildman–Crippen MR) is 77.1 cm³/mol. The van der Waals surface area contributed by atoms with Crippen LogP contribution in [0.5, 0.6) is 0 Å². The highest BCUT2D eigenvalue weighted by molar-refractivity contribution is 5.68. The molecule has 2 bridgehead atoms. The van der Waals surface area contributed by atoms with Crippen molar-refractivity contribution in [3.8, 4) is 0 Å². The quantitative estimate of drug-likeness (QED) is 0.890. The molecule has 1 aromatic rings. The normalized spacial score (nSPS) is 31.9. The Morgan fingerprint density at radius 3 is 2.30 bits per heavy atom. The van der Waals surface area contributed by atoms with Crippen LogP contribution in [0.1, 0.15) is 44.1 Å². The number of alkyl carbamates (subject to hydrolysis) is 1. The molecule has 1 amide bonds. The van der Waals surface area contributed by atoms with Crippen LogP contribution in [-0.4, -0.2) is 17.2 Å². The van der Waals surface area contributed by atoms with Gasteiger partial charge in [-0.05, 0) is 44.1 Å². The molecule has 0 heterocycles. The molecule has 0 spiro atoms. The van der Waals surface area contributed by atoms with E-state index in [2.05, 4.69) is 5.32 Å². The van der Waals surface area contributed by atoms with Gasteiger partial charge in [0.25, 0.3) is 0 Å². The van der Waals surface area contributed by atoms with Crippen LogP contribution in [0.4, 0.5) is 4.79 Å². The van der Waals surface area contributed by atoms with Crippen molar-refractivity contribution in [3.05, 3.63) is 35.9 Å². The van der Waals surface area contributed by atoms with E-state index >= 15 is 0 Å². The average molecular weight is 274 g/mol. The molecule has 3 aliphatic rings. The fourth-order valence-corrected chi connectivity index (χ4v) is 3.38. The summed E-state index contributed by atoms with van der Waals surface area (Å²) in [4.78, 5) is 12.0. The molecule has 0 radical (unpaired) electrons. The van der Waals surface area contributed by atoms with Crippen LogP contribution >= 0.6 is 0 Å². The van der Waals surface area contributed by atoms with E-state index in [0.717, 1.165) is 44.1 Å². The van der Waals surface area contributed by atoms with Crippen LogP contribution in [0.15, 0.2) is 30.3 Å². The second kappa shape index (κ2) is 5.09. The minimum absolute atomic E-state index is 0.0252. The molecule has 1 aromatic carbocycles. The van der Waals surface area contributed by atoms with E-state index in [-0.39, 0.29) is 17.2 Å². The lowest BCUT2D eigenvalue weighted by atomic mass is 9.62. The van der Waals surface area contributed by atoms with Crippen molar-refractivity contribution in [1.29, 1.82) is 0 Å². The SMILES string of the molecule is NC12CCC(NC(=O)OCc3ccccc3)(CC1)CC2. The number of carbonyl (C=O) groups is 1. The highest BCUT2D eigenvalue weighted by atomic mass is 16.5. The molecule has 3 N–H and O–H groups in total. The van der Waals surface area contributed by atoms with Crippen LogP contribution in [0.3, 0.4) is 0 Å². The van der Waals surface area contributed by atoms with Gasteiger partial charge in [0.05, 0.1) is 0 Å². The van der Waals surface area contributed by atoms with Crippen LogP contribution in [0.2, 0.25) is 0 Å². The first-order chi connectivity index (χ1) is 9.59. The molecule has 20 heavy (non-hydrogen) atoms. The van der Waals surface area contributed by atoms with Gasteiger partial charge >= 0.3 is 6.09 Å². The summed E-state index contributed by atoms with van der Waals surface area (Å²) >= 11 is 0. The number of fused-ring (bicyclic) bond motifs is 3. The third-order valence-electron chi connectivity index (χ3n) is 4.88. The summed E-state index contributed by atoms with van der Waals surface area (Å²) in [5.41, 5.74) is 7.24. The van der Waals surface area contributed by atoms with Crippen molar-refractivity contribution < 1.29 is 9.53 Å². The summed E-state index contributed by atoms with van der Waals surface area (Å²) in [6, 6.07) is 9.74. The second-order valence-electron chi connectivity index (χ2n) is 6.33. The first kappa shape index (κ1) is 13.4. The van der Waals surface area contributed by atoms with Gasteiger partial charge in [0.15, 0.2) is 0 Å². The maximum absolute atomic E-state index is 12.0. The molecule has 4 heteroatoms. The summed E-state index contributed by atoms with van der Waals surface area (Å²) in [5, 5.41) is 3.09. The summed E-state index contributed by atoms with van der Waals surface area (Å²) in [6.45, 7) is 0.323. The number of hydrogen-bond acceptors (Lipinski definition) is 3. The van der Waals surface area contributed by atoms with E-state index in [1.165, 1.54) is 0 Å². The Labute approximate surface area is 119 Å². The van der Waals surface area contributed by atoms with E-state index in [4.69, 9.17) is 10.5 Å². The number of carbonyl (C=O) groups excluding carboxylic acids is 1. The Morgan fingerprint density at radius 2 is 1.70 bits per heavy atom. The van der Waals surface area contributed by atoms with Gasteiger partial charge in [-0.3, -0.25) is 0 Å². The lowest BCUT2D eigenvalue weighted by molar-refractivity contribution is 0.0664. The molecule has 108 valence electrons. The van der Waals surface area contributed by atoms with Crippen molar-refractivity contribution in [2.75, 3.05) is 0 Å². The van der Waals surface area contributed by atoms with Gasteiger partial charge < -0.3 is 15.8 Å². The number of ether oxygens (including phenoxy) is 1. The van der Waals surface area contributed by atoms with Gasteiger partial charge in [0.1, 0.15) is 6.61 Å². The molecule has 0 saturated heterocycles. The number of amides is 1. The lowest BCUT2D eigenvalue weighted by Gasteiger charge is -2.51. The van der Waals surface area contributed by atoms with E-state index in [9.17, 15) is 4.79 Å². The second-order valence-corrected chi connectivity index (χ2v) is 6.33. The summed E-state index contributed by atoms with van der Waals surface area (Å²) in [5.74, 6) is 0. The zero-order valence-corrected chi connectivity index (χ0v) is 11.7. The van der Waals surface area contributed by atoms with Crippen LogP contribution < -0.4 is 11.1 Å². The molecule has 0 aromatic heterocycles. The maximum Gasteiger partial charge on any atom is 0.407 e. The molecule has 4 rings (SSSR count). The van der Waals surface area contributed by atoms with Crippen molar-refractivity contribution in [1.82, 2.24) is 5.32 Å². The number of hydrogen-bond donors (Lipinski definition) is 2. The van der Waals surface area contributed by atoms with Crippen LogP contribution in [0.25, 0.3) is 0 Å². The first-order valence-electron chi connectivity index (χ1n) is 7.37. The molecule has 0 aliphatic heterocycles. The maximum atomic E-state index is 12.0. The Bertz CT molecular complexity index is 462. The highest BCUT2D eigenvalue weighted by Gasteiger charge is 2.47. The average Bonchev–Trinajstić information content (AvgIpc) is 2.48. The Hall–Kier alpha value is -1.55. The van der Waals surface area contributed by atoms with Gasteiger partial charge in [-0.2, -0.15) is 0 Å². The predicted octanol–water partition coefficient (Wildman–Crippen LogP) is 2.72. The molecule has 4 nitrogen and oxygen atoms in total. The minimum atomic E-state index is -0.305. The Balaban J connectivity index is 1.52. The number of nitrogens with two attached hydrogens (primary N) is 1. The van der Waals surface area contributed by atoms with Crippen LogP contribution in [-0.2, 0) is 11.3 Å².